The predicted molar refractivity (Wildman–Crippen MR) is 52.6 cm³/mol. The molecule has 0 aromatic heterocycles. The molecule has 1 aliphatic carbocycles. The van der Waals surface area contributed by atoms with Crippen LogP contribution in [0.1, 0.15) is 39.0 Å². The van der Waals surface area contributed by atoms with Gasteiger partial charge in [0.1, 0.15) is 0 Å². The SMILES string of the molecule is CC(CCCO)N[C@H]1CCC[C@@H]1O. The van der Waals surface area contributed by atoms with Gasteiger partial charge < -0.3 is 15.5 Å². The van der Waals surface area contributed by atoms with Gasteiger partial charge in [0.05, 0.1) is 6.10 Å². The van der Waals surface area contributed by atoms with Crippen LogP contribution in [0, 0.1) is 0 Å². The van der Waals surface area contributed by atoms with Crippen LogP contribution in [0.3, 0.4) is 0 Å². The molecule has 0 amide bonds. The molecule has 3 atom stereocenters. The monoisotopic (exact) mass is 187 g/mol. The Bertz CT molecular complexity index is 141. The van der Waals surface area contributed by atoms with Crippen molar-refractivity contribution in [2.75, 3.05) is 6.61 Å². The summed E-state index contributed by atoms with van der Waals surface area (Å²) in [5, 5.41) is 21.6. The van der Waals surface area contributed by atoms with E-state index in [-0.39, 0.29) is 18.8 Å². The smallest absolute Gasteiger partial charge is 0.0693 e. The van der Waals surface area contributed by atoms with Gasteiger partial charge in [-0.3, -0.25) is 0 Å². The summed E-state index contributed by atoms with van der Waals surface area (Å²) in [4.78, 5) is 0. The number of nitrogens with one attached hydrogen (secondary N) is 1. The van der Waals surface area contributed by atoms with Gasteiger partial charge in [0.15, 0.2) is 0 Å². The van der Waals surface area contributed by atoms with Crippen LogP contribution in [0.4, 0.5) is 0 Å². The van der Waals surface area contributed by atoms with E-state index in [4.69, 9.17) is 5.11 Å². The maximum Gasteiger partial charge on any atom is 0.0693 e. The number of rotatable bonds is 5. The van der Waals surface area contributed by atoms with Gasteiger partial charge in [0, 0.05) is 18.7 Å². The molecule has 3 N–H and O–H groups in total. The van der Waals surface area contributed by atoms with Crippen molar-refractivity contribution in [2.24, 2.45) is 0 Å². The molecule has 1 fully saturated rings. The van der Waals surface area contributed by atoms with Gasteiger partial charge >= 0.3 is 0 Å². The average molecular weight is 187 g/mol. The highest BCUT2D eigenvalue weighted by atomic mass is 16.3. The molecule has 0 heterocycles. The molecule has 13 heavy (non-hydrogen) atoms. The van der Waals surface area contributed by atoms with Gasteiger partial charge in [-0.2, -0.15) is 0 Å². The zero-order chi connectivity index (χ0) is 9.68. The lowest BCUT2D eigenvalue weighted by atomic mass is 10.1. The van der Waals surface area contributed by atoms with E-state index in [9.17, 15) is 5.11 Å². The number of aliphatic hydroxyl groups is 2. The second kappa shape index (κ2) is 5.58. The van der Waals surface area contributed by atoms with E-state index >= 15 is 0 Å². The largest absolute Gasteiger partial charge is 0.396 e. The number of hydrogen-bond donors (Lipinski definition) is 3. The highest BCUT2D eigenvalue weighted by molar-refractivity contribution is 4.84. The third-order valence-corrected chi connectivity index (χ3v) is 2.77. The molecule has 0 aliphatic heterocycles. The fraction of sp³-hybridized carbons (Fsp3) is 1.00. The third-order valence-electron chi connectivity index (χ3n) is 2.77. The Kier molecular flexibility index (Phi) is 4.70. The summed E-state index contributed by atoms with van der Waals surface area (Å²) < 4.78 is 0. The van der Waals surface area contributed by atoms with Crippen molar-refractivity contribution >= 4 is 0 Å². The molecule has 1 unspecified atom stereocenters. The van der Waals surface area contributed by atoms with Gasteiger partial charge in [0.2, 0.25) is 0 Å². The quantitative estimate of drug-likeness (QED) is 0.592. The predicted octanol–water partition coefficient (Wildman–Crippen LogP) is 0.650. The second-order valence-corrected chi connectivity index (χ2v) is 4.04. The minimum atomic E-state index is -0.156. The van der Waals surface area contributed by atoms with E-state index in [0.717, 1.165) is 32.1 Å². The van der Waals surface area contributed by atoms with E-state index < -0.39 is 0 Å². The Hall–Kier alpha value is -0.120. The molecule has 3 heteroatoms. The van der Waals surface area contributed by atoms with Crippen LogP contribution in [-0.2, 0) is 0 Å². The van der Waals surface area contributed by atoms with E-state index in [1.807, 2.05) is 0 Å². The first-order valence-electron chi connectivity index (χ1n) is 5.29. The molecule has 3 nitrogen and oxygen atoms in total. The second-order valence-electron chi connectivity index (χ2n) is 4.04. The molecular weight excluding hydrogens is 166 g/mol. The first-order chi connectivity index (χ1) is 6.24. The highest BCUT2D eigenvalue weighted by Gasteiger charge is 2.25. The maximum atomic E-state index is 9.55. The van der Waals surface area contributed by atoms with Gasteiger partial charge in [-0.05, 0) is 39.0 Å². The molecule has 0 aromatic carbocycles. The summed E-state index contributed by atoms with van der Waals surface area (Å²) in [5.41, 5.74) is 0. The Morgan fingerprint density at radius 3 is 2.77 bits per heavy atom. The molecule has 0 aromatic rings. The summed E-state index contributed by atoms with van der Waals surface area (Å²) in [5.74, 6) is 0. The maximum absolute atomic E-state index is 9.55. The molecule has 78 valence electrons. The zero-order valence-corrected chi connectivity index (χ0v) is 8.37. The Morgan fingerprint density at radius 2 is 2.23 bits per heavy atom. The van der Waals surface area contributed by atoms with Crippen LogP contribution in [0.2, 0.25) is 0 Å². The Morgan fingerprint density at radius 1 is 1.46 bits per heavy atom. The van der Waals surface area contributed by atoms with E-state index in [1.165, 1.54) is 0 Å². The van der Waals surface area contributed by atoms with Crippen LogP contribution in [0.5, 0.6) is 0 Å². The molecule has 0 spiro atoms. The van der Waals surface area contributed by atoms with E-state index in [2.05, 4.69) is 12.2 Å². The lowest BCUT2D eigenvalue weighted by molar-refractivity contribution is 0.142. The molecule has 0 radical (unpaired) electrons. The van der Waals surface area contributed by atoms with Crippen LogP contribution in [-0.4, -0.2) is 35.0 Å². The van der Waals surface area contributed by atoms with E-state index in [1.54, 1.807) is 0 Å². The minimum absolute atomic E-state index is 0.156. The number of hydrogen-bond acceptors (Lipinski definition) is 3. The lowest BCUT2D eigenvalue weighted by Crippen LogP contribution is -2.41. The molecule has 1 rings (SSSR count). The summed E-state index contributed by atoms with van der Waals surface area (Å²) in [6.45, 7) is 2.37. The molecule has 0 bridgehead atoms. The molecule has 1 aliphatic rings. The van der Waals surface area contributed by atoms with E-state index in [0.29, 0.717) is 6.04 Å². The van der Waals surface area contributed by atoms with Crippen LogP contribution in [0.25, 0.3) is 0 Å². The topological polar surface area (TPSA) is 52.5 Å². The van der Waals surface area contributed by atoms with Crippen LogP contribution >= 0.6 is 0 Å². The average Bonchev–Trinajstić information content (AvgIpc) is 2.48. The van der Waals surface area contributed by atoms with Crippen molar-refractivity contribution in [3.63, 3.8) is 0 Å². The molecule has 0 saturated heterocycles. The van der Waals surface area contributed by atoms with Crippen LogP contribution in [0.15, 0.2) is 0 Å². The fourth-order valence-electron chi connectivity index (χ4n) is 1.98. The first-order valence-corrected chi connectivity index (χ1v) is 5.29. The summed E-state index contributed by atoms with van der Waals surface area (Å²) in [6.07, 6.45) is 4.83. The van der Waals surface area contributed by atoms with Crippen molar-refractivity contribution in [1.82, 2.24) is 5.32 Å². The van der Waals surface area contributed by atoms with Crippen LogP contribution < -0.4 is 5.32 Å². The molecular formula is C10H21NO2. The normalized spacial score (nSPS) is 30.7. The van der Waals surface area contributed by atoms with Crippen molar-refractivity contribution in [1.29, 1.82) is 0 Å². The Balaban J connectivity index is 2.15. The molecule has 1 saturated carbocycles. The lowest BCUT2D eigenvalue weighted by Gasteiger charge is -2.21. The van der Waals surface area contributed by atoms with Gasteiger partial charge in [0.25, 0.3) is 0 Å². The van der Waals surface area contributed by atoms with Gasteiger partial charge in [-0.25, -0.2) is 0 Å². The van der Waals surface area contributed by atoms with Gasteiger partial charge in [-0.15, -0.1) is 0 Å². The summed E-state index contributed by atoms with van der Waals surface area (Å²) in [6, 6.07) is 0.693. The van der Waals surface area contributed by atoms with Crippen molar-refractivity contribution in [3.05, 3.63) is 0 Å². The Labute approximate surface area is 80.2 Å². The third kappa shape index (κ3) is 3.63. The summed E-state index contributed by atoms with van der Waals surface area (Å²) in [7, 11) is 0. The van der Waals surface area contributed by atoms with Crippen molar-refractivity contribution < 1.29 is 10.2 Å². The number of aliphatic hydroxyl groups excluding tert-OH is 2. The van der Waals surface area contributed by atoms with Crippen molar-refractivity contribution in [2.45, 2.75) is 57.2 Å². The van der Waals surface area contributed by atoms with Crippen molar-refractivity contribution in [3.8, 4) is 0 Å². The first kappa shape index (κ1) is 11.0. The zero-order valence-electron chi connectivity index (χ0n) is 8.37. The summed E-state index contributed by atoms with van der Waals surface area (Å²) >= 11 is 0. The standard InChI is InChI=1S/C10H21NO2/c1-8(4-3-7-12)11-9-5-2-6-10(9)13/h8-13H,2-7H2,1H3/t8?,9-,10-/m0/s1. The highest BCUT2D eigenvalue weighted by Crippen LogP contribution is 2.19. The fourth-order valence-corrected chi connectivity index (χ4v) is 1.98. The minimum Gasteiger partial charge on any atom is -0.396 e. The van der Waals surface area contributed by atoms with Gasteiger partial charge in [-0.1, -0.05) is 0 Å².